The predicted molar refractivity (Wildman–Crippen MR) is 156 cm³/mol. The Morgan fingerprint density at radius 3 is 2.25 bits per heavy atom. The summed E-state index contributed by atoms with van der Waals surface area (Å²) in [5.41, 5.74) is -0.101. The van der Waals surface area contributed by atoms with Crippen molar-refractivity contribution in [2.75, 3.05) is 13.2 Å². The quantitative estimate of drug-likeness (QED) is 0.295. The zero-order chi connectivity index (χ0) is 28.0. The van der Waals surface area contributed by atoms with E-state index in [0.717, 1.165) is 101 Å². The Morgan fingerprint density at radius 2 is 1.57 bits per heavy atom. The summed E-state index contributed by atoms with van der Waals surface area (Å²) in [5, 5.41) is 10.6. The van der Waals surface area contributed by atoms with Crippen LogP contribution in [0.4, 0.5) is 0 Å². The van der Waals surface area contributed by atoms with Gasteiger partial charge in [0, 0.05) is 13.2 Å². The Kier molecular flexibility index (Phi) is 8.66. The van der Waals surface area contributed by atoms with Crippen molar-refractivity contribution in [2.24, 2.45) is 46.3 Å². The molecule has 2 saturated heterocycles. The molecule has 0 radical (unpaired) electrons. The summed E-state index contributed by atoms with van der Waals surface area (Å²) in [6.07, 6.45) is 18.3. The van der Waals surface area contributed by atoms with Crippen molar-refractivity contribution >= 4 is 0 Å². The van der Waals surface area contributed by atoms with Gasteiger partial charge in [-0.1, -0.05) is 40.5 Å². The summed E-state index contributed by atoms with van der Waals surface area (Å²) < 4.78 is 25.8. The minimum atomic E-state index is -0.759. The molecule has 2 aliphatic heterocycles. The van der Waals surface area contributed by atoms with E-state index in [1.165, 1.54) is 44.9 Å². The van der Waals surface area contributed by atoms with Crippen LogP contribution >= 0.6 is 0 Å². The molecule has 3 unspecified atom stereocenters. The van der Waals surface area contributed by atoms with Crippen LogP contribution in [0.1, 0.15) is 130 Å². The number of hydrogen-bond donors (Lipinski definition) is 0. The second-order valence-electron chi connectivity index (χ2n) is 15.4. The van der Waals surface area contributed by atoms with Crippen LogP contribution in [-0.2, 0) is 18.9 Å². The molecule has 4 aliphatic carbocycles. The number of rotatable bonds is 7. The molecule has 5 heteroatoms. The lowest BCUT2D eigenvalue weighted by Crippen LogP contribution is -2.61. The van der Waals surface area contributed by atoms with Gasteiger partial charge in [0.2, 0.25) is 0 Å². The third kappa shape index (κ3) is 5.20. The summed E-state index contributed by atoms with van der Waals surface area (Å²) in [5.74, 6) is 4.29. The van der Waals surface area contributed by atoms with Crippen LogP contribution in [0.3, 0.4) is 0 Å². The topological polar surface area (TPSA) is 60.7 Å². The molecule has 2 heterocycles. The molecule has 0 bridgehead atoms. The van der Waals surface area contributed by atoms with Gasteiger partial charge in [0.25, 0.3) is 0 Å². The summed E-state index contributed by atoms with van der Waals surface area (Å²) in [6.45, 7) is 11.7. The highest BCUT2D eigenvalue weighted by Gasteiger charge is 2.64. The minimum absolute atomic E-state index is 0.0866. The third-order valence-electron chi connectivity index (χ3n) is 13.4. The largest absolute Gasteiger partial charge is 0.353 e. The van der Waals surface area contributed by atoms with E-state index in [4.69, 9.17) is 18.9 Å². The Morgan fingerprint density at radius 1 is 0.850 bits per heavy atom. The molecule has 0 aromatic rings. The molecule has 0 aromatic carbocycles. The molecular formula is C35H57NO4. The van der Waals surface area contributed by atoms with Gasteiger partial charge in [-0.15, -0.1) is 0 Å². The lowest BCUT2D eigenvalue weighted by Gasteiger charge is -2.64. The van der Waals surface area contributed by atoms with Crippen molar-refractivity contribution < 1.29 is 18.9 Å². The fraction of sp³-hybridized carbons (Fsp3) is 0.971. The maximum absolute atomic E-state index is 10.6. The molecule has 226 valence electrons. The van der Waals surface area contributed by atoms with Crippen molar-refractivity contribution in [3.8, 4) is 6.07 Å². The Balaban J connectivity index is 1.28. The number of nitriles is 1. The lowest BCUT2D eigenvalue weighted by molar-refractivity contribution is -0.272. The molecular weight excluding hydrogens is 498 g/mol. The number of ether oxygens (including phenoxy) is 4. The van der Waals surface area contributed by atoms with E-state index in [1.807, 2.05) is 0 Å². The first-order valence-electron chi connectivity index (χ1n) is 17.3. The van der Waals surface area contributed by atoms with Crippen LogP contribution < -0.4 is 0 Å². The highest BCUT2D eigenvalue weighted by molar-refractivity contribution is 5.17. The van der Waals surface area contributed by atoms with Gasteiger partial charge in [-0.2, -0.15) is 5.26 Å². The van der Waals surface area contributed by atoms with Gasteiger partial charge in [0.05, 0.1) is 12.2 Å². The second kappa shape index (κ2) is 11.8. The molecule has 12 atom stereocenters. The molecule has 6 aliphatic rings. The number of fused-ring (bicyclic) bond motifs is 5. The van der Waals surface area contributed by atoms with E-state index in [0.29, 0.717) is 11.3 Å². The Labute approximate surface area is 244 Å². The van der Waals surface area contributed by atoms with Gasteiger partial charge >= 0.3 is 0 Å². The van der Waals surface area contributed by atoms with Gasteiger partial charge in [-0.25, -0.2) is 0 Å². The first-order chi connectivity index (χ1) is 19.3. The van der Waals surface area contributed by atoms with E-state index in [-0.39, 0.29) is 24.1 Å². The predicted octanol–water partition coefficient (Wildman–Crippen LogP) is 8.41. The van der Waals surface area contributed by atoms with E-state index in [9.17, 15) is 5.26 Å². The Hall–Kier alpha value is -0.670. The van der Waals surface area contributed by atoms with E-state index in [2.05, 4.69) is 33.8 Å². The summed E-state index contributed by atoms with van der Waals surface area (Å²) in [7, 11) is 0. The highest BCUT2D eigenvalue weighted by Crippen LogP contribution is 2.69. The van der Waals surface area contributed by atoms with Crippen LogP contribution in [0.25, 0.3) is 0 Å². The molecule has 0 aromatic heterocycles. The van der Waals surface area contributed by atoms with Crippen LogP contribution in [0.5, 0.6) is 0 Å². The minimum Gasteiger partial charge on any atom is -0.353 e. The van der Waals surface area contributed by atoms with E-state index < -0.39 is 5.60 Å². The first-order valence-corrected chi connectivity index (χ1v) is 17.3. The molecule has 0 amide bonds. The van der Waals surface area contributed by atoms with E-state index >= 15 is 0 Å². The SMILES string of the molecule is CCC[C@@H](C)[C@H]1CC[C@H]2[C@@H]3C[C@H](OC4CCCCO4)C4C[C@](C#N)(OC5CCCCO5)CC[C@]4(C)[C@H]3CC[C@]12C. The summed E-state index contributed by atoms with van der Waals surface area (Å²) >= 11 is 0. The number of nitrogens with zero attached hydrogens (tertiary/aromatic N) is 1. The van der Waals surface area contributed by atoms with Crippen LogP contribution in [-0.4, -0.2) is 37.5 Å². The fourth-order valence-corrected chi connectivity index (χ4v) is 11.3. The maximum atomic E-state index is 10.6. The summed E-state index contributed by atoms with van der Waals surface area (Å²) in [4.78, 5) is 0. The van der Waals surface area contributed by atoms with Gasteiger partial charge in [0.1, 0.15) is 0 Å². The van der Waals surface area contributed by atoms with Crippen molar-refractivity contribution in [3.05, 3.63) is 0 Å². The maximum Gasteiger partial charge on any atom is 0.159 e. The van der Waals surface area contributed by atoms with E-state index in [1.54, 1.807) is 0 Å². The molecule has 4 saturated carbocycles. The smallest absolute Gasteiger partial charge is 0.159 e. The van der Waals surface area contributed by atoms with Crippen LogP contribution in [0.2, 0.25) is 0 Å². The van der Waals surface area contributed by atoms with Crippen LogP contribution in [0.15, 0.2) is 0 Å². The van der Waals surface area contributed by atoms with Gasteiger partial charge < -0.3 is 18.9 Å². The summed E-state index contributed by atoms with van der Waals surface area (Å²) in [6, 6.07) is 2.70. The molecule has 5 nitrogen and oxygen atoms in total. The molecule has 0 spiro atoms. The first kappa shape index (κ1) is 29.4. The van der Waals surface area contributed by atoms with Crippen molar-refractivity contribution in [2.45, 2.75) is 155 Å². The normalized spacial score (nSPS) is 49.8. The molecule has 6 fully saturated rings. The zero-order valence-electron chi connectivity index (χ0n) is 26.0. The molecule has 40 heavy (non-hydrogen) atoms. The van der Waals surface area contributed by atoms with Crippen molar-refractivity contribution in [1.29, 1.82) is 5.26 Å². The average Bonchev–Trinajstić information content (AvgIpc) is 3.32. The monoisotopic (exact) mass is 555 g/mol. The van der Waals surface area contributed by atoms with Gasteiger partial charge in [0.15, 0.2) is 18.2 Å². The second-order valence-corrected chi connectivity index (χ2v) is 15.4. The fourth-order valence-electron chi connectivity index (χ4n) is 11.3. The van der Waals surface area contributed by atoms with Gasteiger partial charge in [-0.3, -0.25) is 0 Å². The van der Waals surface area contributed by atoms with Crippen molar-refractivity contribution in [1.82, 2.24) is 0 Å². The lowest BCUT2D eigenvalue weighted by atomic mass is 9.43. The van der Waals surface area contributed by atoms with Crippen LogP contribution in [0, 0.1) is 57.7 Å². The Bertz CT molecular complexity index is 908. The molecule has 0 N–H and O–H groups in total. The molecule has 6 rings (SSSR count). The van der Waals surface area contributed by atoms with Gasteiger partial charge in [-0.05, 0) is 136 Å². The average molecular weight is 556 g/mol. The van der Waals surface area contributed by atoms with Crippen molar-refractivity contribution in [3.63, 3.8) is 0 Å². The standard InChI is InChI=1S/C35H57NO4/c1-5-10-24(2)26-13-14-27-25-21-30(39-31-11-6-8-19-37-31)29-22-35(23-36,40-32-12-7-9-20-38-32)18-17-34(29,4)28(25)15-16-33(26,27)3/h24-32H,5-22H2,1-4H3/t24-,25+,26-,27+,28+,29?,30+,31?,32?,33-,34-,35-/m1/s1. The number of hydrogen-bond acceptors (Lipinski definition) is 5. The highest BCUT2D eigenvalue weighted by atomic mass is 16.7. The zero-order valence-corrected chi connectivity index (χ0v) is 26.0. The third-order valence-corrected chi connectivity index (χ3v) is 13.4.